The van der Waals surface area contributed by atoms with Crippen LogP contribution in [-0.4, -0.2) is 53.7 Å². The number of ether oxygens (including phenoxy) is 1. The van der Waals surface area contributed by atoms with Crippen LogP contribution in [0.5, 0.6) is 0 Å². The fourth-order valence-electron chi connectivity index (χ4n) is 3.37. The Kier molecular flexibility index (Phi) is 7.75. The molecular weight excluding hydrogens is 371 g/mol. The van der Waals surface area contributed by atoms with Crippen molar-refractivity contribution in [2.75, 3.05) is 19.7 Å². The normalized spacial score (nSPS) is 17.4. The number of rotatable bonds is 10. The minimum atomic E-state index is -0.637. The van der Waals surface area contributed by atoms with Gasteiger partial charge in [0, 0.05) is 26.1 Å². The first-order valence-corrected chi connectivity index (χ1v) is 10.0. The van der Waals surface area contributed by atoms with Gasteiger partial charge in [-0.1, -0.05) is 47.6 Å². The molecule has 1 N–H and O–H groups in total. The Labute approximate surface area is 171 Å². The minimum Gasteiger partial charge on any atom is -0.390 e. The van der Waals surface area contributed by atoms with Crippen molar-refractivity contribution in [1.29, 1.82) is 0 Å². The summed E-state index contributed by atoms with van der Waals surface area (Å²) in [5, 5.41) is 14.6. The summed E-state index contributed by atoms with van der Waals surface area (Å²) in [6.45, 7) is 5.63. The molecule has 0 aromatic heterocycles. The molecule has 5 nitrogen and oxygen atoms in total. The summed E-state index contributed by atoms with van der Waals surface area (Å²) in [4.78, 5) is 7.72. The number of aliphatic hydroxyl groups excluding tert-OH is 1. The van der Waals surface area contributed by atoms with Gasteiger partial charge in [0.25, 0.3) is 0 Å². The van der Waals surface area contributed by atoms with Crippen LogP contribution in [-0.2, 0) is 16.1 Å². The third kappa shape index (κ3) is 6.92. The molecule has 0 fully saturated rings. The summed E-state index contributed by atoms with van der Waals surface area (Å²) in [5.41, 5.74) is 2.83. The van der Waals surface area contributed by atoms with Gasteiger partial charge >= 0.3 is 0 Å². The lowest BCUT2D eigenvalue weighted by atomic mass is 10.0. The zero-order chi connectivity index (χ0) is 20.6. The Morgan fingerprint density at radius 2 is 2.00 bits per heavy atom. The summed E-state index contributed by atoms with van der Waals surface area (Å²) < 4.78 is 19.1. The number of halogens is 1. The van der Waals surface area contributed by atoms with Crippen molar-refractivity contribution in [1.82, 2.24) is 4.90 Å². The third-order valence-corrected chi connectivity index (χ3v) is 4.69. The van der Waals surface area contributed by atoms with E-state index in [1.54, 1.807) is 6.07 Å². The van der Waals surface area contributed by atoms with Gasteiger partial charge in [0.15, 0.2) is 0 Å². The molecule has 0 saturated carbocycles. The van der Waals surface area contributed by atoms with E-state index in [1.165, 1.54) is 12.1 Å². The van der Waals surface area contributed by atoms with Gasteiger partial charge in [0.05, 0.1) is 24.5 Å². The van der Waals surface area contributed by atoms with E-state index >= 15 is 0 Å². The molecule has 2 atom stereocenters. The monoisotopic (exact) mass is 400 g/mol. The Hall–Kier alpha value is -2.28. The Bertz CT molecular complexity index is 798. The second-order valence-corrected chi connectivity index (χ2v) is 7.70. The van der Waals surface area contributed by atoms with Crippen molar-refractivity contribution < 1.29 is 19.1 Å². The highest BCUT2D eigenvalue weighted by Crippen LogP contribution is 2.19. The van der Waals surface area contributed by atoms with Gasteiger partial charge in [0.1, 0.15) is 11.9 Å². The van der Waals surface area contributed by atoms with Crippen LogP contribution in [0.15, 0.2) is 59.8 Å². The van der Waals surface area contributed by atoms with Crippen LogP contribution in [0.4, 0.5) is 4.39 Å². The smallest absolute Gasteiger partial charge is 0.145 e. The van der Waals surface area contributed by atoms with Crippen LogP contribution < -0.4 is 0 Å². The molecule has 1 aliphatic heterocycles. The lowest BCUT2D eigenvalue weighted by Gasteiger charge is -2.27. The standard InChI is InChI=1S/C23H29FN2O3/c1-17(2)28-16-21(27)14-26(13-18-7-6-10-20(24)11-18)15-22-12-23(25-29-22)19-8-4-3-5-9-19/h3-11,17,21-22,27H,12-16H2,1-2H3/t21-,22-/m0/s1. The van der Waals surface area contributed by atoms with E-state index in [4.69, 9.17) is 9.57 Å². The van der Waals surface area contributed by atoms with Gasteiger partial charge in [-0.2, -0.15) is 0 Å². The molecule has 3 rings (SSSR count). The number of hydrogen-bond donors (Lipinski definition) is 1. The van der Waals surface area contributed by atoms with E-state index < -0.39 is 6.10 Å². The molecule has 0 aliphatic carbocycles. The van der Waals surface area contributed by atoms with Gasteiger partial charge in [-0.05, 0) is 37.1 Å². The predicted molar refractivity (Wildman–Crippen MR) is 111 cm³/mol. The second kappa shape index (κ2) is 10.5. The highest BCUT2D eigenvalue weighted by atomic mass is 19.1. The summed E-state index contributed by atoms with van der Waals surface area (Å²) in [5.74, 6) is -0.266. The van der Waals surface area contributed by atoms with Crippen LogP contribution in [0.2, 0.25) is 0 Å². The van der Waals surface area contributed by atoms with Crippen LogP contribution >= 0.6 is 0 Å². The lowest BCUT2D eigenvalue weighted by molar-refractivity contribution is -0.0194. The molecule has 0 bridgehead atoms. The topological polar surface area (TPSA) is 54.3 Å². The Morgan fingerprint density at radius 3 is 2.72 bits per heavy atom. The van der Waals surface area contributed by atoms with Gasteiger partial charge in [0.2, 0.25) is 0 Å². The maximum absolute atomic E-state index is 13.6. The number of nitrogens with zero attached hydrogens (tertiary/aromatic N) is 2. The fraction of sp³-hybridized carbons (Fsp3) is 0.435. The number of benzene rings is 2. The van der Waals surface area contributed by atoms with E-state index in [0.717, 1.165) is 16.8 Å². The van der Waals surface area contributed by atoms with Crippen molar-refractivity contribution >= 4 is 5.71 Å². The molecule has 29 heavy (non-hydrogen) atoms. The number of hydrogen-bond acceptors (Lipinski definition) is 5. The van der Waals surface area contributed by atoms with E-state index in [1.807, 2.05) is 50.2 Å². The Morgan fingerprint density at radius 1 is 1.21 bits per heavy atom. The second-order valence-electron chi connectivity index (χ2n) is 7.70. The Balaban J connectivity index is 1.61. The highest BCUT2D eigenvalue weighted by molar-refractivity contribution is 6.01. The maximum atomic E-state index is 13.6. The summed E-state index contributed by atoms with van der Waals surface area (Å²) in [6.07, 6.45) is 0.00239. The molecule has 0 saturated heterocycles. The molecule has 0 spiro atoms. The highest BCUT2D eigenvalue weighted by Gasteiger charge is 2.25. The molecule has 2 aromatic rings. The van der Waals surface area contributed by atoms with Crippen LogP contribution in [0.25, 0.3) is 0 Å². The van der Waals surface area contributed by atoms with Crippen molar-refractivity contribution in [3.05, 3.63) is 71.5 Å². The van der Waals surface area contributed by atoms with E-state index in [0.29, 0.717) is 26.1 Å². The van der Waals surface area contributed by atoms with E-state index in [9.17, 15) is 9.50 Å². The molecule has 6 heteroatoms. The minimum absolute atomic E-state index is 0.0568. The average Bonchev–Trinajstić information content (AvgIpc) is 3.15. The quantitative estimate of drug-likeness (QED) is 0.662. The molecule has 1 aliphatic rings. The molecule has 2 aromatic carbocycles. The molecule has 1 heterocycles. The van der Waals surface area contributed by atoms with Gasteiger partial charge in [-0.25, -0.2) is 4.39 Å². The first-order chi connectivity index (χ1) is 14.0. The third-order valence-electron chi connectivity index (χ3n) is 4.69. The van der Waals surface area contributed by atoms with Crippen LogP contribution in [0.1, 0.15) is 31.4 Å². The fourth-order valence-corrected chi connectivity index (χ4v) is 3.37. The largest absolute Gasteiger partial charge is 0.390 e. The maximum Gasteiger partial charge on any atom is 0.145 e. The number of oxime groups is 1. The molecule has 0 unspecified atom stereocenters. The van der Waals surface area contributed by atoms with Gasteiger partial charge < -0.3 is 14.7 Å². The average molecular weight is 400 g/mol. The summed E-state index contributed by atoms with van der Waals surface area (Å²) in [7, 11) is 0. The SMILES string of the molecule is CC(C)OC[C@@H](O)CN(Cc1cccc(F)c1)C[C@@H]1CC(c2ccccc2)=NO1. The number of aliphatic hydroxyl groups is 1. The zero-order valence-electron chi connectivity index (χ0n) is 17.0. The van der Waals surface area contributed by atoms with E-state index in [2.05, 4.69) is 10.1 Å². The van der Waals surface area contributed by atoms with E-state index in [-0.39, 0.29) is 24.6 Å². The van der Waals surface area contributed by atoms with Crippen molar-refractivity contribution in [3.63, 3.8) is 0 Å². The molecule has 0 radical (unpaired) electrons. The predicted octanol–water partition coefficient (Wildman–Crippen LogP) is 3.61. The molecule has 0 amide bonds. The molecular formula is C23H29FN2O3. The van der Waals surface area contributed by atoms with Gasteiger partial charge in [-0.3, -0.25) is 4.90 Å². The first kappa shape index (κ1) is 21.4. The van der Waals surface area contributed by atoms with Crippen LogP contribution in [0.3, 0.4) is 0 Å². The molecule has 156 valence electrons. The summed E-state index contributed by atoms with van der Waals surface area (Å²) in [6, 6.07) is 16.5. The lowest BCUT2D eigenvalue weighted by Crippen LogP contribution is -2.39. The van der Waals surface area contributed by atoms with Crippen molar-refractivity contribution in [2.45, 2.75) is 45.1 Å². The van der Waals surface area contributed by atoms with Gasteiger partial charge in [-0.15, -0.1) is 0 Å². The van der Waals surface area contributed by atoms with Crippen molar-refractivity contribution in [3.8, 4) is 0 Å². The van der Waals surface area contributed by atoms with Crippen molar-refractivity contribution in [2.24, 2.45) is 5.16 Å². The van der Waals surface area contributed by atoms with Crippen LogP contribution in [0, 0.1) is 5.82 Å². The zero-order valence-corrected chi connectivity index (χ0v) is 17.0. The first-order valence-electron chi connectivity index (χ1n) is 10.0. The summed E-state index contributed by atoms with van der Waals surface area (Å²) >= 11 is 0.